The quantitative estimate of drug-likeness (QED) is 0.519. The number of likely N-dealkylation sites (N-methyl/N-ethyl adjacent to an activating group) is 1. The normalized spacial score (nSPS) is 16.7. The van der Waals surface area contributed by atoms with Crippen molar-refractivity contribution >= 4 is 47.0 Å². The van der Waals surface area contributed by atoms with E-state index in [0.717, 1.165) is 4.90 Å². The molecule has 1 saturated heterocycles. The number of nitrogens with zero attached hydrogens (tertiary/aromatic N) is 1. The molecule has 7 heteroatoms. The van der Waals surface area contributed by atoms with Crippen LogP contribution in [0.4, 0.5) is 0 Å². The van der Waals surface area contributed by atoms with Crippen molar-refractivity contribution in [3.8, 4) is 0 Å². The maximum atomic E-state index is 12.1. The SMILES string of the molecule is Cc1ccc(Sc2ccc(/C=C3\C(=O)NC(=S)N(C)C3=O)o2)cc1. The summed E-state index contributed by atoms with van der Waals surface area (Å²) < 4.78 is 5.68. The smallest absolute Gasteiger partial charge is 0.265 e. The van der Waals surface area contributed by atoms with Crippen molar-refractivity contribution in [2.45, 2.75) is 16.9 Å². The third-order valence-electron chi connectivity index (χ3n) is 3.43. The third kappa shape index (κ3) is 3.42. The second-order valence-corrected chi connectivity index (χ2v) is 6.72. The van der Waals surface area contributed by atoms with Gasteiger partial charge in [-0.3, -0.25) is 19.8 Å². The molecule has 1 fully saturated rings. The van der Waals surface area contributed by atoms with E-state index in [1.54, 1.807) is 12.1 Å². The minimum absolute atomic E-state index is 0.00710. The fourth-order valence-electron chi connectivity index (χ4n) is 2.08. The lowest BCUT2D eigenvalue weighted by atomic mass is 10.1. The fraction of sp³-hybridized carbons (Fsp3) is 0.118. The number of benzene rings is 1. The van der Waals surface area contributed by atoms with Gasteiger partial charge in [0.2, 0.25) is 0 Å². The summed E-state index contributed by atoms with van der Waals surface area (Å²) in [6.07, 6.45) is 1.43. The van der Waals surface area contributed by atoms with Crippen LogP contribution in [0.15, 0.2) is 56.4 Å². The summed E-state index contributed by atoms with van der Waals surface area (Å²) in [4.78, 5) is 26.3. The van der Waals surface area contributed by atoms with Crippen LogP contribution >= 0.6 is 24.0 Å². The number of hydrogen-bond donors (Lipinski definition) is 1. The molecule has 0 saturated carbocycles. The lowest BCUT2D eigenvalue weighted by Gasteiger charge is -2.24. The van der Waals surface area contributed by atoms with E-state index in [4.69, 9.17) is 16.6 Å². The van der Waals surface area contributed by atoms with E-state index in [1.165, 1.54) is 35.3 Å². The van der Waals surface area contributed by atoms with Gasteiger partial charge >= 0.3 is 0 Å². The minimum atomic E-state index is -0.521. The van der Waals surface area contributed by atoms with E-state index in [-0.39, 0.29) is 10.7 Å². The van der Waals surface area contributed by atoms with Crippen LogP contribution in [-0.2, 0) is 9.59 Å². The molecule has 1 aliphatic heterocycles. The number of amides is 2. The summed E-state index contributed by atoms with van der Waals surface area (Å²) >= 11 is 6.37. The number of carbonyl (C=O) groups excluding carboxylic acids is 2. The van der Waals surface area contributed by atoms with Gasteiger partial charge in [-0.2, -0.15) is 0 Å². The molecule has 1 N–H and O–H groups in total. The lowest BCUT2D eigenvalue weighted by Crippen LogP contribution is -2.52. The number of aryl methyl sites for hydroxylation is 1. The predicted octanol–water partition coefficient (Wildman–Crippen LogP) is 3.00. The zero-order chi connectivity index (χ0) is 17.3. The molecule has 0 aliphatic carbocycles. The number of rotatable bonds is 3. The van der Waals surface area contributed by atoms with Gasteiger partial charge in [0.25, 0.3) is 11.8 Å². The van der Waals surface area contributed by atoms with Crippen molar-refractivity contribution in [2.24, 2.45) is 0 Å². The largest absolute Gasteiger partial charge is 0.450 e. The van der Waals surface area contributed by atoms with Crippen LogP contribution in [0.25, 0.3) is 6.08 Å². The number of thiocarbonyl (C=S) groups is 1. The highest BCUT2D eigenvalue weighted by Gasteiger charge is 2.31. The molecular formula is C17H14N2O3S2. The molecule has 1 aromatic carbocycles. The number of hydrogen-bond acceptors (Lipinski definition) is 5. The Morgan fingerprint density at radius 3 is 2.58 bits per heavy atom. The molecule has 2 heterocycles. The highest BCUT2D eigenvalue weighted by atomic mass is 32.2. The van der Waals surface area contributed by atoms with E-state index in [0.29, 0.717) is 10.9 Å². The maximum absolute atomic E-state index is 12.1. The summed E-state index contributed by atoms with van der Waals surface area (Å²) in [5, 5.41) is 3.24. The van der Waals surface area contributed by atoms with Gasteiger partial charge in [-0.05, 0) is 49.5 Å². The summed E-state index contributed by atoms with van der Waals surface area (Å²) in [5.41, 5.74) is 1.18. The van der Waals surface area contributed by atoms with E-state index >= 15 is 0 Å². The monoisotopic (exact) mass is 358 g/mol. The van der Waals surface area contributed by atoms with Gasteiger partial charge in [0.1, 0.15) is 11.3 Å². The Kier molecular flexibility index (Phi) is 4.55. The van der Waals surface area contributed by atoms with Crippen LogP contribution in [0.5, 0.6) is 0 Å². The van der Waals surface area contributed by atoms with Gasteiger partial charge in [0.05, 0.1) is 0 Å². The number of furan rings is 1. The van der Waals surface area contributed by atoms with Crippen LogP contribution in [0.2, 0.25) is 0 Å². The number of nitrogens with one attached hydrogen (secondary N) is 1. The molecule has 3 rings (SSSR count). The van der Waals surface area contributed by atoms with E-state index in [9.17, 15) is 9.59 Å². The molecule has 1 aliphatic rings. The molecule has 2 aromatic rings. The van der Waals surface area contributed by atoms with Crippen LogP contribution in [0, 0.1) is 6.92 Å². The first kappa shape index (κ1) is 16.5. The molecule has 1 aromatic heterocycles. The predicted molar refractivity (Wildman–Crippen MR) is 95.5 cm³/mol. The van der Waals surface area contributed by atoms with Gasteiger partial charge in [-0.1, -0.05) is 29.5 Å². The first-order chi connectivity index (χ1) is 11.4. The van der Waals surface area contributed by atoms with Gasteiger partial charge in [-0.15, -0.1) is 0 Å². The first-order valence-corrected chi connectivity index (χ1v) is 8.36. The number of carbonyl (C=O) groups is 2. The topological polar surface area (TPSA) is 62.6 Å². The molecule has 0 bridgehead atoms. The van der Waals surface area contributed by atoms with Crippen LogP contribution in [0.3, 0.4) is 0 Å². The van der Waals surface area contributed by atoms with Crippen LogP contribution < -0.4 is 5.32 Å². The Hall–Kier alpha value is -2.38. The minimum Gasteiger partial charge on any atom is -0.450 e. The van der Waals surface area contributed by atoms with Crippen molar-refractivity contribution in [1.29, 1.82) is 0 Å². The molecule has 5 nitrogen and oxygen atoms in total. The highest BCUT2D eigenvalue weighted by molar-refractivity contribution is 7.99. The molecule has 0 spiro atoms. The summed E-state index contributed by atoms with van der Waals surface area (Å²) in [7, 11) is 1.51. The maximum Gasteiger partial charge on any atom is 0.265 e. The molecule has 122 valence electrons. The Balaban J connectivity index is 1.80. The van der Waals surface area contributed by atoms with Gasteiger partial charge in [0.15, 0.2) is 10.2 Å². The molecule has 0 radical (unpaired) electrons. The average Bonchev–Trinajstić information content (AvgIpc) is 2.99. The van der Waals surface area contributed by atoms with E-state index in [1.807, 2.05) is 31.2 Å². The van der Waals surface area contributed by atoms with E-state index in [2.05, 4.69) is 5.32 Å². The van der Waals surface area contributed by atoms with Crippen molar-refractivity contribution in [2.75, 3.05) is 7.05 Å². The third-order valence-corrected chi connectivity index (χ3v) is 4.74. The Morgan fingerprint density at radius 1 is 1.17 bits per heavy atom. The Bertz CT molecular complexity index is 853. The second kappa shape index (κ2) is 6.62. The second-order valence-electron chi connectivity index (χ2n) is 5.25. The highest BCUT2D eigenvalue weighted by Crippen LogP contribution is 2.30. The lowest BCUT2D eigenvalue weighted by molar-refractivity contribution is -0.128. The molecule has 2 amide bonds. The van der Waals surface area contributed by atoms with Crippen molar-refractivity contribution in [1.82, 2.24) is 10.2 Å². The van der Waals surface area contributed by atoms with Crippen LogP contribution in [-0.4, -0.2) is 28.9 Å². The molecule has 0 unspecified atom stereocenters. The molecular weight excluding hydrogens is 344 g/mol. The van der Waals surface area contributed by atoms with Crippen molar-refractivity contribution in [3.05, 3.63) is 53.3 Å². The van der Waals surface area contributed by atoms with Gasteiger partial charge in [-0.25, -0.2) is 0 Å². The zero-order valence-corrected chi connectivity index (χ0v) is 14.7. The van der Waals surface area contributed by atoms with Gasteiger partial charge < -0.3 is 4.42 Å². The first-order valence-electron chi connectivity index (χ1n) is 7.13. The molecule has 24 heavy (non-hydrogen) atoms. The van der Waals surface area contributed by atoms with Crippen molar-refractivity contribution in [3.63, 3.8) is 0 Å². The average molecular weight is 358 g/mol. The van der Waals surface area contributed by atoms with Crippen molar-refractivity contribution < 1.29 is 14.0 Å². The van der Waals surface area contributed by atoms with Crippen LogP contribution in [0.1, 0.15) is 11.3 Å². The summed E-state index contributed by atoms with van der Waals surface area (Å²) in [6, 6.07) is 11.6. The Labute approximate surface area is 148 Å². The zero-order valence-electron chi connectivity index (χ0n) is 13.0. The Morgan fingerprint density at radius 2 is 1.88 bits per heavy atom. The van der Waals surface area contributed by atoms with E-state index < -0.39 is 11.8 Å². The summed E-state index contributed by atoms with van der Waals surface area (Å²) in [5.74, 6) is -0.538. The molecule has 0 atom stereocenters. The summed E-state index contributed by atoms with van der Waals surface area (Å²) in [6.45, 7) is 2.03. The standard InChI is InChI=1S/C17H14N2O3S2/c1-10-3-6-12(7-4-10)24-14-8-5-11(22-14)9-13-15(20)18-17(23)19(2)16(13)21/h3-9H,1-2H3,(H,18,20,23)/b13-9+. The van der Waals surface area contributed by atoms with Gasteiger partial charge in [0, 0.05) is 11.9 Å². The fourth-order valence-corrected chi connectivity index (χ4v) is 3.03.